The van der Waals surface area contributed by atoms with Gasteiger partial charge in [-0.25, -0.2) is 4.98 Å². The van der Waals surface area contributed by atoms with Gasteiger partial charge in [-0.15, -0.1) is 0 Å². The van der Waals surface area contributed by atoms with Gasteiger partial charge in [0.1, 0.15) is 18.0 Å². The van der Waals surface area contributed by atoms with Crippen LogP contribution in [-0.2, 0) is 0 Å². The van der Waals surface area contributed by atoms with Crippen LogP contribution in [0.3, 0.4) is 0 Å². The van der Waals surface area contributed by atoms with E-state index in [9.17, 15) is 10.1 Å². The summed E-state index contributed by atoms with van der Waals surface area (Å²) in [5, 5.41) is 26.3. The van der Waals surface area contributed by atoms with E-state index < -0.39 is 4.92 Å². The first kappa shape index (κ1) is 11.1. The fourth-order valence-corrected chi connectivity index (χ4v) is 1.92. The minimum absolute atomic E-state index is 0.0273. The Labute approximate surface area is 99.6 Å². The van der Waals surface area contributed by atoms with E-state index in [1.54, 1.807) is 12.1 Å². The van der Waals surface area contributed by atoms with E-state index in [1.807, 2.05) is 0 Å². The quantitative estimate of drug-likeness (QED) is 0.653. The molecule has 17 heavy (non-hydrogen) atoms. The van der Waals surface area contributed by atoms with Crippen molar-refractivity contribution in [1.29, 1.82) is 5.26 Å². The van der Waals surface area contributed by atoms with Crippen LogP contribution in [0.15, 0.2) is 34.6 Å². The number of nitro benzene ring substituents is 1. The SMILES string of the molecule is N#Cc1cc(Sc2ncn[nH]2)ccc1[N+](=O)[O-]. The number of nitriles is 1. The lowest BCUT2D eigenvalue weighted by Gasteiger charge is -1.99. The first-order chi connectivity index (χ1) is 8.20. The molecule has 0 spiro atoms. The molecule has 8 heteroatoms. The summed E-state index contributed by atoms with van der Waals surface area (Å²) in [5.41, 5.74) is -0.172. The maximum atomic E-state index is 10.6. The molecule has 0 fully saturated rings. The molecule has 1 aromatic heterocycles. The van der Waals surface area contributed by atoms with Gasteiger partial charge in [-0.05, 0) is 12.1 Å². The van der Waals surface area contributed by atoms with Gasteiger partial charge in [-0.3, -0.25) is 15.2 Å². The van der Waals surface area contributed by atoms with Gasteiger partial charge >= 0.3 is 0 Å². The van der Waals surface area contributed by atoms with Crippen molar-refractivity contribution >= 4 is 17.4 Å². The Bertz CT molecular complexity index is 590. The van der Waals surface area contributed by atoms with Gasteiger partial charge in [0.05, 0.1) is 4.92 Å². The summed E-state index contributed by atoms with van der Waals surface area (Å²) < 4.78 is 0. The zero-order valence-electron chi connectivity index (χ0n) is 8.32. The molecular weight excluding hydrogens is 242 g/mol. The Morgan fingerprint density at radius 2 is 2.35 bits per heavy atom. The van der Waals surface area contributed by atoms with Crippen molar-refractivity contribution in [2.45, 2.75) is 10.1 Å². The third-order valence-corrected chi connectivity index (χ3v) is 2.77. The van der Waals surface area contributed by atoms with Crippen molar-refractivity contribution in [2.75, 3.05) is 0 Å². The maximum Gasteiger partial charge on any atom is 0.287 e. The second-order valence-electron chi connectivity index (χ2n) is 2.94. The highest BCUT2D eigenvalue weighted by Gasteiger charge is 2.14. The summed E-state index contributed by atoms with van der Waals surface area (Å²) in [6.45, 7) is 0. The van der Waals surface area contributed by atoms with Crippen molar-refractivity contribution in [1.82, 2.24) is 15.2 Å². The number of aromatic amines is 1. The average molecular weight is 247 g/mol. The third-order valence-electron chi connectivity index (χ3n) is 1.89. The van der Waals surface area contributed by atoms with Gasteiger partial charge < -0.3 is 0 Å². The summed E-state index contributed by atoms with van der Waals surface area (Å²) in [6.07, 6.45) is 1.36. The number of nitro groups is 1. The molecule has 0 atom stereocenters. The number of nitrogens with zero attached hydrogens (tertiary/aromatic N) is 4. The van der Waals surface area contributed by atoms with E-state index in [1.165, 1.54) is 30.2 Å². The van der Waals surface area contributed by atoms with Crippen molar-refractivity contribution in [3.05, 3.63) is 40.2 Å². The molecule has 0 aliphatic rings. The molecule has 0 radical (unpaired) electrons. The Balaban J connectivity index is 2.33. The average Bonchev–Trinajstić information content (AvgIpc) is 2.81. The van der Waals surface area contributed by atoms with Crippen LogP contribution in [-0.4, -0.2) is 20.1 Å². The number of nitrogens with one attached hydrogen (secondary N) is 1. The number of hydrogen-bond acceptors (Lipinski definition) is 6. The van der Waals surface area contributed by atoms with Crippen LogP contribution >= 0.6 is 11.8 Å². The van der Waals surface area contributed by atoms with Gasteiger partial charge in [0.25, 0.3) is 5.69 Å². The van der Waals surface area contributed by atoms with E-state index in [4.69, 9.17) is 5.26 Å². The van der Waals surface area contributed by atoms with Crippen molar-refractivity contribution in [3.63, 3.8) is 0 Å². The first-order valence-electron chi connectivity index (χ1n) is 4.42. The number of hydrogen-bond donors (Lipinski definition) is 1. The lowest BCUT2D eigenvalue weighted by atomic mass is 10.2. The van der Waals surface area contributed by atoms with Gasteiger partial charge in [-0.1, -0.05) is 11.8 Å². The standard InChI is InChI=1S/C9H5N5O2S/c10-4-6-3-7(1-2-8(6)14(15)16)17-9-11-5-12-13-9/h1-3,5H,(H,11,12,13). The third kappa shape index (κ3) is 2.40. The van der Waals surface area contributed by atoms with Crippen molar-refractivity contribution in [3.8, 4) is 6.07 Å². The fourth-order valence-electron chi connectivity index (χ4n) is 1.18. The molecule has 1 heterocycles. The van der Waals surface area contributed by atoms with E-state index in [0.717, 1.165) is 0 Å². The molecule has 0 amide bonds. The van der Waals surface area contributed by atoms with Crippen LogP contribution in [0.5, 0.6) is 0 Å². The molecule has 0 aliphatic heterocycles. The van der Waals surface area contributed by atoms with Gasteiger partial charge in [0, 0.05) is 11.0 Å². The lowest BCUT2D eigenvalue weighted by Crippen LogP contribution is -1.92. The fraction of sp³-hybridized carbons (Fsp3) is 0. The van der Waals surface area contributed by atoms with Gasteiger partial charge in [0.15, 0.2) is 5.16 Å². The highest BCUT2D eigenvalue weighted by atomic mass is 32.2. The molecule has 0 saturated heterocycles. The molecular formula is C9H5N5O2S. The van der Waals surface area contributed by atoms with Crippen LogP contribution in [0.4, 0.5) is 5.69 Å². The van der Waals surface area contributed by atoms with E-state index >= 15 is 0 Å². The zero-order chi connectivity index (χ0) is 12.3. The molecule has 1 aromatic carbocycles. The minimum atomic E-state index is -0.582. The smallest absolute Gasteiger partial charge is 0.258 e. The lowest BCUT2D eigenvalue weighted by molar-refractivity contribution is -0.385. The molecule has 1 N–H and O–H groups in total. The highest BCUT2D eigenvalue weighted by Crippen LogP contribution is 2.28. The monoisotopic (exact) mass is 247 g/mol. The van der Waals surface area contributed by atoms with Crippen LogP contribution in [0.1, 0.15) is 5.56 Å². The van der Waals surface area contributed by atoms with Gasteiger partial charge in [-0.2, -0.15) is 10.4 Å². The zero-order valence-corrected chi connectivity index (χ0v) is 9.14. The topological polar surface area (TPSA) is 108 Å². The van der Waals surface area contributed by atoms with Crippen molar-refractivity contribution < 1.29 is 4.92 Å². The molecule has 0 bridgehead atoms. The van der Waals surface area contributed by atoms with E-state index in [0.29, 0.717) is 10.1 Å². The Hall–Kier alpha value is -2.40. The number of benzene rings is 1. The predicted octanol–water partition coefficient (Wildman–Crippen LogP) is 1.74. The highest BCUT2D eigenvalue weighted by molar-refractivity contribution is 7.99. The molecule has 7 nitrogen and oxygen atoms in total. The van der Waals surface area contributed by atoms with Crippen LogP contribution in [0.2, 0.25) is 0 Å². The summed E-state index contributed by atoms with van der Waals surface area (Å²) in [5.74, 6) is 0. The van der Waals surface area contributed by atoms with Crippen molar-refractivity contribution in [2.24, 2.45) is 0 Å². The normalized spacial score (nSPS) is 9.82. The second-order valence-corrected chi connectivity index (χ2v) is 4.00. The van der Waals surface area contributed by atoms with E-state index in [-0.39, 0.29) is 11.3 Å². The molecule has 2 rings (SSSR count). The van der Waals surface area contributed by atoms with Crippen LogP contribution in [0.25, 0.3) is 0 Å². The predicted molar refractivity (Wildman–Crippen MR) is 58.3 cm³/mol. The van der Waals surface area contributed by atoms with Crippen LogP contribution in [0, 0.1) is 21.4 Å². The Morgan fingerprint density at radius 3 is 2.94 bits per heavy atom. The van der Waals surface area contributed by atoms with Crippen LogP contribution < -0.4 is 0 Å². The largest absolute Gasteiger partial charge is 0.287 e. The summed E-state index contributed by atoms with van der Waals surface area (Å²) in [7, 11) is 0. The van der Waals surface area contributed by atoms with E-state index in [2.05, 4.69) is 15.2 Å². The first-order valence-corrected chi connectivity index (χ1v) is 5.24. The molecule has 2 aromatic rings. The molecule has 0 saturated carbocycles. The summed E-state index contributed by atoms with van der Waals surface area (Å²) in [6, 6.07) is 6.11. The van der Waals surface area contributed by atoms with Gasteiger partial charge in [0.2, 0.25) is 0 Å². The molecule has 0 aliphatic carbocycles. The summed E-state index contributed by atoms with van der Waals surface area (Å²) >= 11 is 1.24. The molecule has 0 unspecified atom stereocenters. The minimum Gasteiger partial charge on any atom is -0.258 e. The summed E-state index contributed by atoms with van der Waals surface area (Å²) in [4.78, 5) is 14.6. The number of aromatic nitrogens is 3. The maximum absolute atomic E-state index is 10.6. The molecule has 84 valence electrons. The Morgan fingerprint density at radius 1 is 1.53 bits per heavy atom. The number of rotatable bonds is 3. The number of H-pyrrole nitrogens is 1. The Kier molecular flexibility index (Phi) is 3.02. The second kappa shape index (κ2) is 4.63.